The van der Waals surface area contributed by atoms with Crippen LogP contribution in [0.1, 0.15) is 6.42 Å². The molecule has 1 aliphatic heterocycles. The zero-order valence-electron chi connectivity index (χ0n) is 10.8. The molecule has 1 aromatic carbocycles. The number of anilines is 2. The first-order valence-electron chi connectivity index (χ1n) is 5.92. The maximum absolute atomic E-state index is 12.1. The van der Waals surface area contributed by atoms with Gasteiger partial charge in [0.15, 0.2) is 0 Å². The van der Waals surface area contributed by atoms with Crippen molar-refractivity contribution in [3.63, 3.8) is 0 Å². The van der Waals surface area contributed by atoms with Crippen LogP contribution in [0.15, 0.2) is 22.7 Å². The fourth-order valence-electron chi connectivity index (χ4n) is 2.20. The van der Waals surface area contributed by atoms with Crippen molar-refractivity contribution in [3.8, 4) is 0 Å². The number of methoxy groups -OCH3 is 1. The predicted molar refractivity (Wildman–Crippen MR) is 76.2 cm³/mol. The van der Waals surface area contributed by atoms with Gasteiger partial charge in [0.25, 0.3) is 0 Å². The van der Waals surface area contributed by atoms with E-state index >= 15 is 0 Å². The molecule has 2 rings (SSSR count). The Morgan fingerprint density at radius 3 is 2.89 bits per heavy atom. The van der Waals surface area contributed by atoms with Gasteiger partial charge in [-0.2, -0.15) is 0 Å². The van der Waals surface area contributed by atoms with Gasteiger partial charge in [0.1, 0.15) is 0 Å². The molecule has 19 heavy (non-hydrogen) atoms. The Hall–Kier alpha value is -1.56. The molecule has 1 N–H and O–H groups in total. The fraction of sp³-hybridized carbons (Fsp3) is 0.385. The fourth-order valence-corrected chi connectivity index (χ4v) is 2.55. The Bertz CT molecular complexity index is 519. The molecule has 1 heterocycles. The molecule has 1 aliphatic rings. The van der Waals surface area contributed by atoms with Crippen LogP contribution < -0.4 is 10.2 Å². The lowest BCUT2D eigenvalue weighted by atomic mass is 10.1. The summed E-state index contributed by atoms with van der Waals surface area (Å²) in [6.07, 6.45) is 0.197. The highest BCUT2D eigenvalue weighted by Gasteiger charge is 2.36. The minimum atomic E-state index is -0.388. The standard InChI is InChI=1S/C13H15BrN2O3/c1-15-10-4-3-9(14)6-11(10)16-7-8(5-12(16)17)13(18)19-2/h3-4,6,8,15H,5,7H2,1-2H3. The summed E-state index contributed by atoms with van der Waals surface area (Å²) in [5.41, 5.74) is 1.62. The summed E-state index contributed by atoms with van der Waals surface area (Å²) < 4.78 is 5.59. The molecule has 0 saturated carbocycles. The van der Waals surface area contributed by atoms with Crippen LogP contribution in [0.5, 0.6) is 0 Å². The van der Waals surface area contributed by atoms with E-state index in [0.29, 0.717) is 6.54 Å². The first kappa shape index (κ1) is 13.9. The number of hydrogen-bond donors (Lipinski definition) is 1. The van der Waals surface area contributed by atoms with Crippen molar-refractivity contribution in [2.45, 2.75) is 6.42 Å². The number of carbonyl (C=O) groups is 2. The molecular formula is C13H15BrN2O3. The topological polar surface area (TPSA) is 58.6 Å². The second-order valence-corrected chi connectivity index (χ2v) is 5.26. The Kier molecular flexibility index (Phi) is 4.09. The quantitative estimate of drug-likeness (QED) is 0.863. The minimum absolute atomic E-state index is 0.0648. The van der Waals surface area contributed by atoms with Gasteiger partial charge < -0.3 is 15.0 Å². The molecule has 0 spiro atoms. The lowest BCUT2D eigenvalue weighted by Crippen LogP contribution is -2.26. The number of nitrogens with one attached hydrogen (secondary N) is 1. The van der Waals surface area contributed by atoms with Gasteiger partial charge in [-0.15, -0.1) is 0 Å². The molecule has 102 valence electrons. The molecule has 0 radical (unpaired) electrons. The maximum Gasteiger partial charge on any atom is 0.311 e. The summed E-state index contributed by atoms with van der Waals surface area (Å²) >= 11 is 3.39. The van der Waals surface area contributed by atoms with Crippen LogP contribution in [0.2, 0.25) is 0 Å². The second kappa shape index (κ2) is 5.61. The van der Waals surface area contributed by atoms with Crippen LogP contribution in [0.3, 0.4) is 0 Å². The van der Waals surface area contributed by atoms with Crippen molar-refractivity contribution in [3.05, 3.63) is 22.7 Å². The lowest BCUT2D eigenvalue weighted by molar-refractivity contribution is -0.145. The summed E-state index contributed by atoms with van der Waals surface area (Å²) in [6, 6.07) is 5.65. The van der Waals surface area contributed by atoms with Gasteiger partial charge in [-0.25, -0.2) is 0 Å². The number of ether oxygens (including phenoxy) is 1. The van der Waals surface area contributed by atoms with Crippen molar-refractivity contribution in [1.29, 1.82) is 0 Å². The van der Waals surface area contributed by atoms with Crippen LogP contribution >= 0.6 is 15.9 Å². The predicted octanol–water partition coefficient (Wildman–Crippen LogP) is 2.02. The number of halogens is 1. The van der Waals surface area contributed by atoms with E-state index in [2.05, 4.69) is 21.2 Å². The Labute approximate surface area is 120 Å². The summed E-state index contributed by atoms with van der Waals surface area (Å²) in [7, 11) is 3.14. The first-order chi connectivity index (χ1) is 9.06. The normalized spacial score (nSPS) is 18.6. The molecule has 1 aromatic rings. The van der Waals surface area contributed by atoms with Crippen molar-refractivity contribution >= 4 is 39.2 Å². The monoisotopic (exact) mass is 326 g/mol. The van der Waals surface area contributed by atoms with Crippen LogP contribution in [-0.4, -0.2) is 32.6 Å². The SMILES string of the molecule is CNc1ccc(Br)cc1N1CC(C(=O)OC)CC1=O. The van der Waals surface area contributed by atoms with Crippen molar-refractivity contribution in [1.82, 2.24) is 0 Å². The molecule has 1 amide bonds. The van der Waals surface area contributed by atoms with Gasteiger partial charge in [0.05, 0.1) is 24.4 Å². The van der Waals surface area contributed by atoms with E-state index in [1.165, 1.54) is 7.11 Å². The molecule has 1 fully saturated rings. The van der Waals surface area contributed by atoms with Crippen LogP contribution in [0, 0.1) is 5.92 Å². The molecule has 5 nitrogen and oxygen atoms in total. The highest BCUT2D eigenvalue weighted by atomic mass is 79.9. The third-order valence-electron chi connectivity index (χ3n) is 3.18. The van der Waals surface area contributed by atoms with E-state index in [1.54, 1.807) is 11.9 Å². The molecule has 6 heteroatoms. The third-order valence-corrected chi connectivity index (χ3v) is 3.67. The molecule has 1 unspecified atom stereocenters. The van der Waals surface area contributed by atoms with Crippen LogP contribution in [0.25, 0.3) is 0 Å². The number of benzene rings is 1. The maximum atomic E-state index is 12.1. The number of amides is 1. The first-order valence-corrected chi connectivity index (χ1v) is 6.71. The Morgan fingerprint density at radius 1 is 1.53 bits per heavy atom. The summed E-state index contributed by atoms with van der Waals surface area (Å²) in [6.45, 7) is 0.358. The second-order valence-electron chi connectivity index (χ2n) is 4.34. The summed E-state index contributed by atoms with van der Waals surface area (Å²) in [4.78, 5) is 25.2. The van der Waals surface area contributed by atoms with Gasteiger partial charge in [-0.3, -0.25) is 9.59 Å². The molecule has 1 saturated heterocycles. The van der Waals surface area contributed by atoms with Crippen molar-refractivity contribution in [2.75, 3.05) is 30.9 Å². The van der Waals surface area contributed by atoms with Crippen molar-refractivity contribution < 1.29 is 14.3 Å². The number of nitrogens with zero attached hydrogens (tertiary/aromatic N) is 1. The Balaban J connectivity index is 2.30. The molecular weight excluding hydrogens is 312 g/mol. The number of hydrogen-bond acceptors (Lipinski definition) is 4. The van der Waals surface area contributed by atoms with E-state index in [0.717, 1.165) is 15.8 Å². The van der Waals surface area contributed by atoms with E-state index < -0.39 is 0 Å². The van der Waals surface area contributed by atoms with Crippen molar-refractivity contribution in [2.24, 2.45) is 5.92 Å². The van der Waals surface area contributed by atoms with E-state index in [4.69, 9.17) is 4.74 Å². The van der Waals surface area contributed by atoms with E-state index in [9.17, 15) is 9.59 Å². The lowest BCUT2D eigenvalue weighted by Gasteiger charge is -2.20. The number of carbonyl (C=O) groups excluding carboxylic acids is 2. The highest BCUT2D eigenvalue weighted by molar-refractivity contribution is 9.10. The summed E-state index contributed by atoms with van der Waals surface area (Å²) in [5.74, 6) is -0.789. The number of rotatable bonds is 3. The van der Waals surface area contributed by atoms with Gasteiger partial charge in [0.2, 0.25) is 5.91 Å². The number of esters is 1. The van der Waals surface area contributed by atoms with Gasteiger partial charge >= 0.3 is 5.97 Å². The average molecular weight is 327 g/mol. The zero-order valence-corrected chi connectivity index (χ0v) is 12.4. The third kappa shape index (κ3) is 2.73. The molecule has 0 bridgehead atoms. The van der Waals surface area contributed by atoms with Crippen LogP contribution in [0.4, 0.5) is 11.4 Å². The summed E-state index contributed by atoms with van der Waals surface area (Å²) in [5, 5.41) is 3.05. The van der Waals surface area contributed by atoms with Gasteiger partial charge in [-0.05, 0) is 18.2 Å². The Morgan fingerprint density at radius 2 is 2.26 bits per heavy atom. The van der Waals surface area contributed by atoms with E-state index in [1.807, 2.05) is 18.2 Å². The molecule has 1 atom stereocenters. The zero-order chi connectivity index (χ0) is 14.0. The average Bonchev–Trinajstić information content (AvgIpc) is 2.79. The smallest absolute Gasteiger partial charge is 0.311 e. The van der Waals surface area contributed by atoms with Crippen LogP contribution in [-0.2, 0) is 14.3 Å². The van der Waals surface area contributed by atoms with Gasteiger partial charge in [0, 0.05) is 24.5 Å². The molecule has 0 aliphatic carbocycles. The van der Waals surface area contributed by atoms with Gasteiger partial charge in [-0.1, -0.05) is 15.9 Å². The van der Waals surface area contributed by atoms with E-state index in [-0.39, 0.29) is 24.2 Å². The molecule has 0 aromatic heterocycles. The minimum Gasteiger partial charge on any atom is -0.469 e. The largest absolute Gasteiger partial charge is 0.469 e. The highest BCUT2D eigenvalue weighted by Crippen LogP contribution is 2.33.